The molecule has 2 aliphatic carbocycles. The third-order valence-corrected chi connectivity index (χ3v) is 5.10. The van der Waals surface area contributed by atoms with E-state index in [9.17, 15) is 4.79 Å². The second kappa shape index (κ2) is 7.10. The molecule has 2 N–H and O–H groups in total. The molecule has 0 aromatic rings. The van der Waals surface area contributed by atoms with Gasteiger partial charge in [0.25, 0.3) is 0 Å². The molecule has 1 amide bonds. The van der Waals surface area contributed by atoms with Gasteiger partial charge in [0.05, 0.1) is 12.1 Å². The maximum atomic E-state index is 12.1. The van der Waals surface area contributed by atoms with Crippen molar-refractivity contribution in [3.8, 4) is 0 Å². The number of carbonyl (C=O) groups is 1. The fourth-order valence-electron chi connectivity index (χ4n) is 4.05. The first-order valence-electron chi connectivity index (χ1n) is 7.66. The van der Waals surface area contributed by atoms with E-state index in [2.05, 4.69) is 6.92 Å². The number of ether oxygens (including phenoxy) is 1. The number of amides is 1. The summed E-state index contributed by atoms with van der Waals surface area (Å²) in [6, 6.07) is -0.0837. The quantitative estimate of drug-likeness (QED) is 0.867. The van der Waals surface area contributed by atoms with E-state index in [-0.39, 0.29) is 23.7 Å². The third-order valence-electron chi connectivity index (χ3n) is 5.10. The lowest BCUT2D eigenvalue weighted by Crippen LogP contribution is -2.66. The second-order valence-corrected chi connectivity index (χ2v) is 6.23. The van der Waals surface area contributed by atoms with Crippen LogP contribution in [0.25, 0.3) is 0 Å². The van der Waals surface area contributed by atoms with Gasteiger partial charge in [0, 0.05) is 25.1 Å². The molecule has 3 atom stereocenters. The molecule has 0 radical (unpaired) electrons. The van der Waals surface area contributed by atoms with Crippen molar-refractivity contribution in [1.82, 2.24) is 4.90 Å². The molecule has 0 saturated heterocycles. The van der Waals surface area contributed by atoms with Crippen LogP contribution in [-0.2, 0) is 9.53 Å². The van der Waals surface area contributed by atoms with Crippen LogP contribution >= 0.6 is 12.4 Å². The average Bonchev–Trinajstić information content (AvgIpc) is 2.42. The fraction of sp³-hybridized carbons (Fsp3) is 0.933. The van der Waals surface area contributed by atoms with E-state index in [0.717, 1.165) is 13.0 Å². The van der Waals surface area contributed by atoms with Gasteiger partial charge in [-0.15, -0.1) is 12.4 Å². The van der Waals surface area contributed by atoms with Crippen LogP contribution in [0.5, 0.6) is 0 Å². The number of halogens is 1. The summed E-state index contributed by atoms with van der Waals surface area (Å²) in [5.74, 6) is 0.0601. The summed E-state index contributed by atoms with van der Waals surface area (Å²) in [4.78, 5) is 14.0. The summed E-state index contributed by atoms with van der Waals surface area (Å²) in [7, 11) is 1.91. The van der Waals surface area contributed by atoms with Gasteiger partial charge in [0.1, 0.15) is 0 Å². The van der Waals surface area contributed by atoms with Gasteiger partial charge >= 0.3 is 0 Å². The van der Waals surface area contributed by atoms with E-state index in [1.807, 2.05) is 11.9 Å². The van der Waals surface area contributed by atoms with E-state index in [4.69, 9.17) is 10.5 Å². The normalized spacial score (nSPS) is 29.2. The fourth-order valence-corrected chi connectivity index (χ4v) is 4.05. The Balaban J connectivity index is 0.00000200. The van der Waals surface area contributed by atoms with Gasteiger partial charge in [0.2, 0.25) is 5.91 Å². The van der Waals surface area contributed by atoms with Crippen LogP contribution in [-0.4, -0.2) is 42.6 Å². The van der Waals surface area contributed by atoms with Crippen molar-refractivity contribution in [2.75, 3.05) is 13.7 Å². The summed E-state index contributed by atoms with van der Waals surface area (Å²) in [5, 5.41) is 0. The molecule has 2 aliphatic rings. The highest BCUT2D eigenvalue weighted by atomic mass is 35.5. The summed E-state index contributed by atoms with van der Waals surface area (Å²) in [6.45, 7) is 4.59. The minimum absolute atomic E-state index is 0. The molecule has 20 heavy (non-hydrogen) atoms. The van der Waals surface area contributed by atoms with Gasteiger partial charge in [-0.3, -0.25) is 4.79 Å². The second-order valence-electron chi connectivity index (χ2n) is 6.23. The number of rotatable bonds is 4. The van der Waals surface area contributed by atoms with Crippen LogP contribution in [0.2, 0.25) is 0 Å². The highest BCUT2D eigenvalue weighted by Gasteiger charge is 2.57. The monoisotopic (exact) mass is 304 g/mol. The first-order chi connectivity index (χ1) is 9.03. The van der Waals surface area contributed by atoms with E-state index in [1.165, 1.54) is 32.1 Å². The van der Waals surface area contributed by atoms with Gasteiger partial charge in [0.15, 0.2) is 0 Å². The van der Waals surface area contributed by atoms with Crippen LogP contribution < -0.4 is 5.73 Å². The van der Waals surface area contributed by atoms with E-state index < -0.39 is 6.04 Å². The van der Waals surface area contributed by atoms with E-state index >= 15 is 0 Å². The summed E-state index contributed by atoms with van der Waals surface area (Å²) >= 11 is 0. The van der Waals surface area contributed by atoms with Crippen molar-refractivity contribution in [1.29, 1.82) is 0 Å². The predicted molar refractivity (Wildman–Crippen MR) is 83.0 cm³/mol. The van der Waals surface area contributed by atoms with Crippen molar-refractivity contribution >= 4 is 18.3 Å². The minimum atomic E-state index is -0.406. The maximum Gasteiger partial charge on any atom is 0.239 e. The number of carbonyl (C=O) groups excluding carboxylic acids is 1. The predicted octanol–water partition coefficient (Wildman–Crippen LogP) is 2.34. The Bertz CT molecular complexity index is 330. The molecule has 1 spiro atoms. The van der Waals surface area contributed by atoms with Gasteiger partial charge < -0.3 is 15.4 Å². The van der Waals surface area contributed by atoms with Gasteiger partial charge in [-0.25, -0.2) is 0 Å². The molecule has 2 fully saturated rings. The van der Waals surface area contributed by atoms with Crippen molar-refractivity contribution < 1.29 is 9.53 Å². The number of likely N-dealkylation sites (N-methyl/N-ethyl adjacent to an activating group) is 1. The van der Waals surface area contributed by atoms with Crippen LogP contribution in [0.1, 0.15) is 52.4 Å². The molecule has 0 aliphatic heterocycles. The van der Waals surface area contributed by atoms with Crippen LogP contribution in [0.15, 0.2) is 0 Å². The zero-order chi connectivity index (χ0) is 14.0. The van der Waals surface area contributed by atoms with Crippen LogP contribution in [0, 0.1) is 5.41 Å². The van der Waals surface area contributed by atoms with Gasteiger partial charge in [-0.2, -0.15) is 0 Å². The molecule has 0 bridgehead atoms. The number of nitrogens with two attached hydrogens (primary N) is 1. The molecule has 2 saturated carbocycles. The Labute approximate surface area is 128 Å². The molecule has 0 aromatic carbocycles. The molecule has 5 heteroatoms. The van der Waals surface area contributed by atoms with E-state index in [1.54, 1.807) is 6.92 Å². The van der Waals surface area contributed by atoms with Crippen molar-refractivity contribution in [2.45, 2.75) is 70.6 Å². The van der Waals surface area contributed by atoms with Crippen molar-refractivity contribution in [3.05, 3.63) is 0 Å². The molecule has 0 heterocycles. The van der Waals surface area contributed by atoms with Crippen molar-refractivity contribution in [2.24, 2.45) is 11.1 Å². The zero-order valence-electron chi connectivity index (χ0n) is 12.9. The molecular weight excluding hydrogens is 276 g/mol. The SMILES string of the molecule is CCOC1CC(N(C)C(=O)[C@@H](C)N)C12CCCCC2.Cl. The minimum Gasteiger partial charge on any atom is -0.378 e. The first kappa shape index (κ1) is 17.7. The lowest BCUT2D eigenvalue weighted by atomic mass is 9.54. The Kier molecular flexibility index (Phi) is 6.29. The lowest BCUT2D eigenvalue weighted by Gasteiger charge is -2.60. The molecule has 118 valence electrons. The Morgan fingerprint density at radius 2 is 2.00 bits per heavy atom. The zero-order valence-corrected chi connectivity index (χ0v) is 13.7. The molecule has 4 nitrogen and oxygen atoms in total. The Hall–Kier alpha value is -0.320. The number of hydrogen-bond donors (Lipinski definition) is 1. The summed E-state index contributed by atoms with van der Waals surface area (Å²) < 4.78 is 5.92. The van der Waals surface area contributed by atoms with Crippen molar-refractivity contribution in [3.63, 3.8) is 0 Å². The molecule has 2 rings (SSSR count). The van der Waals surface area contributed by atoms with E-state index in [0.29, 0.717) is 12.1 Å². The first-order valence-corrected chi connectivity index (χ1v) is 7.66. The lowest BCUT2D eigenvalue weighted by molar-refractivity contribution is -0.185. The van der Waals surface area contributed by atoms with Crippen LogP contribution in [0.3, 0.4) is 0 Å². The topological polar surface area (TPSA) is 55.6 Å². The van der Waals surface area contributed by atoms with Gasteiger partial charge in [-0.1, -0.05) is 19.3 Å². The number of hydrogen-bond acceptors (Lipinski definition) is 3. The molecule has 0 aromatic heterocycles. The average molecular weight is 305 g/mol. The molecule has 2 unspecified atom stereocenters. The smallest absolute Gasteiger partial charge is 0.239 e. The highest BCUT2D eigenvalue weighted by molar-refractivity contribution is 5.85. The summed E-state index contributed by atoms with van der Waals surface area (Å²) in [6.07, 6.45) is 7.55. The van der Waals surface area contributed by atoms with Crippen LogP contribution in [0.4, 0.5) is 0 Å². The Morgan fingerprint density at radius 1 is 1.40 bits per heavy atom. The largest absolute Gasteiger partial charge is 0.378 e. The standard InChI is InChI=1S/C15H28N2O2.ClH/c1-4-19-13-10-12(17(3)14(18)11(2)16)15(13)8-6-5-7-9-15;/h11-13H,4-10,16H2,1-3H3;1H/t11-,12?,13?;/m1./s1. The van der Waals surface area contributed by atoms with Gasteiger partial charge in [-0.05, 0) is 33.1 Å². The number of nitrogens with zero attached hydrogens (tertiary/aromatic N) is 1. The summed E-state index contributed by atoms with van der Waals surface area (Å²) in [5.41, 5.74) is 5.94. The highest BCUT2D eigenvalue weighted by Crippen LogP contribution is 2.55. The molecular formula is C15H29ClN2O2. The Morgan fingerprint density at radius 3 is 2.50 bits per heavy atom. The maximum absolute atomic E-state index is 12.1. The third kappa shape index (κ3) is 2.97.